The minimum Gasteiger partial charge on any atom is -0.481 e. The third-order valence-electron chi connectivity index (χ3n) is 2.09. The summed E-state index contributed by atoms with van der Waals surface area (Å²) < 4.78 is 0. The maximum absolute atomic E-state index is 10.1. The topological polar surface area (TPSA) is 57.5 Å². The quantitative estimate of drug-likeness (QED) is 0.577. The maximum atomic E-state index is 10.1. The van der Waals surface area contributed by atoms with Gasteiger partial charge in [0, 0.05) is 13.0 Å². The van der Waals surface area contributed by atoms with Crippen LogP contribution in [0.25, 0.3) is 0 Å². The molecule has 12 heavy (non-hydrogen) atoms. The van der Waals surface area contributed by atoms with Crippen LogP contribution in [0.2, 0.25) is 0 Å². The lowest BCUT2D eigenvalue weighted by atomic mass is 10.00. The summed E-state index contributed by atoms with van der Waals surface area (Å²) in [6.45, 7) is 2.27. The summed E-state index contributed by atoms with van der Waals surface area (Å²) in [5.41, 5.74) is 0. The highest BCUT2D eigenvalue weighted by Crippen LogP contribution is 2.12. The summed E-state index contributed by atoms with van der Waals surface area (Å²) in [6.07, 6.45) is 3.81. The van der Waals surface area contributed by atoms with Crippen LogP contribution < -0.4 is 0 Å². The van der Waals surface area contributed by atoms with Crippen LogP contribution in [0.4, 0.5) is 0 Å². The zero-order valence-electron chi connectivity index (χ0n) is 7.62. The van der Waals surface area contributed by atoms with Gasteiger partial charge in [0.1, 0.15) is 0 Å². The van der Waals surface area contributed by atoms with Crippen LogP contribution in [0.3, 0.4) is 0 Å². The molecule has 0 aromatic rings. The van der Waals surface area contributed by atoms with E-state index >= 15 is 0 Å². The Morgan fingerprint density at radius 2 is 2.08 bits per heavy atom. The SMILES string of the molecule is CCC(CO)CCCCC(=O)O. The van der Waals surface area contributed by atoms with Crippen LogP contribution in [0.1, 0.15) is 39.0 Å². The molecule has 0 aromatic carbocycles. The molecule has 0 heterocycles. The molecule has 0 aliphatic heterocycles. The summed E-state index contributed by atoms with van der Waals surface area (Å²) in [5.74, 6) is -0.370. The molecule has 1 atom stereocenters. The largest absolute Gasteiger partial charge is 0.481 e. The van der Waals surface area contributed by atoms with Crippen molar-refractivity contribution in [2.75, 3.05) is 6.61 Å². The lowest BCUT2D eigenvalue weighted by molar-refractivity contribution is -0.137. The van der Waals surface area contributed by atoms with Crippen molar-refractivity contribution < 1.29 is 15.0 Å². The fourth-order valence-electron chi connectivity index (χ4n) is 1.13. The van der Waals surface area contributed by atoms with E-state index in [9.17, 15) is 4.79 Å². The van der Waals surface area contributed by atoms with Gasteiger partial charge in [0.2, 0.25) is 0 Å². The molecule has 0 bridgehead atoms. The number of aliphatic hydroxyl groups is 1. The first-order valence-electron chi connectivity index (χ1n) is 4.53. The zero-order chi connectivity index (χ0) is 9.40. The van der Waals surface area contributed by atoms with E-state index in [2.05, 4.69) is 0 Å². The maximum Gasteiger partial charge on any atom is 0.303 e. The predicted molar refractivity (Wildman–Crippen MR) is 47.0 cm³/mol. The van der Waals surface area contributed by atoms with Gasteiger partial charge in [0.05, 0.1) is 0 Å². The van der Waals surface area contributed by atoms with Crippen molar-refractivity contribution in [3.8, 4) is 0 Å². The third kappa shape index (κ3) is 6.16. The highest BCUT2D eigenvalue weighted by Gasteiger charge is 2.04. The summed E-state index contributed by atoms with van der Waals surface area (Å²) in [6, 6.07) is 0. The van der Waals surface area contributed by atoms with Crippen molar-refractivity contribution in [2.24, 2.45) is 5.92 Å². The number of aliphatic carboxylic acids is 1. The summed E-state index contributed by atoms with van der Waals surface area (Å²) in [5, 5.41) is 17.2. The molecule has 3 nitrogen and oxygen atoms in total. The molecule has 72 valence electrons. The number of carbonyl (C=O) groups is 1. The second-order valence-corrected chi connectivity index (χ2v) is 3.10. The van der Waals surface area contributed by atoms with E-state index in [0.29, 0.717) is 5.92 Å². The Morgan fingerprint density at radius 3 is 2.50 bits per heavy atom. The van der Waals surface area contributed by atoms with Gasteiger partial charge in [-0.15, -0.1) is 0 Å². The van der Waals surface area contributed by atoms with Crippen LogP contribution in [-0.2, 0) is 4.79 Å². The Hall–Kier alpha value is -0.570. The van der Waals surface area contributed by atoms with E-state index in [-0.39, 0.29) is 13.0 Å². The first-order chi connectivity index (χ1) is 5.70. The standard InChI is InChI=1S/C9H18O3/c1-2-8(7-10)5-3-4-6-9(11)12/h8,10H,2-7H2,1H3,(H,11,12). The van der Waals surface area contributed by atoms with Crippen LogP contribution in [0.5, 0.6) is 0 Å². The van der Waals surface area contributed by atoms with Crippen molar-refractivity contribution in [2.45, 2.75) is 39.0 Å². The van der Waals surface area contributed by atoms with Gasteiger partial charge in [0.25, 0.3) is 0 Å². The zero-order valence-corrected chi connectivity index (χ0v) is 7.62. The lowest BCUT2D eigenvalue weighted by Crippen LogP contribution is -2.04. The fraction of sp³-hybridized carbons (Fsp3) is 0.889. The molecule has 0 aliphatic carbocycles. The van der Waals surface area contributed by atoms with E-state index in [4.69, 9.17) is 10.2 Å². The van der Waals surface area contributed by atoms with E-state index in [1.807, 2.05) is 6.92 Å². The molecule has 2 N–H and O–H groups in total. The molecular formula is C9H18O3. The van der Waals surface area contributed by atoms with E-state index in [0.717, 1.165) is 25.7 Å². The third-order valence-corrected chi connectivity index (χ3v) is 2.09. The summed E-state index contributed by atoms with van der Waals surface area (Å²) in [4.78, 5) is 10.1. The number of hydrogen-bond donors (Lipinski definition) is 2. The normalized spacial score (nSPS) is 12.8. The molecule has 0 saturated heterocycles. The van der Waals surface area contributed by atoms with E-state index < -0.39 is 5.97 Å². The summed E-state index contributed by atoms with van der Waals surface area (Å²) in [7, 11) is 0. The number of carboxylic acid groups (broad SMARTS) is 1. The van der Waals surface area contributed by atoms with Gasteiger partial charge in [0.15, 0.2) is 0 Å². The van der Waals surface area contributed by atoms with Gasteiger partial charge < -0.3 is 10.2 Å². The van der Waals surface area contributed by atoms with Crippen molar-refractivity contribution in [3.05, 3.63) is 0 Å². The Balaban J connectivity index is 3.23. The number of hydrogen-bond acceptors (Lipinski definition) is 2. The summed E-state index contributed by atoms with van der Waals surface area (Å²) >= 11 is 0. The number of aliphatic hydroxyl groups excluding tert-OH is 1. The highest BCUT2D eigenvalue weighted by molar-refractivity contribution is 5.66. The van der Waals surface area contributed by atoms with E-state index in [1.165, 1.54) is 0 Å². The monoisotopic (exact) mass is 174 g/mol. The van der Waals surface area contributed by atoms with Crippen molar-refractivity contribution in [1.82, 2.24) is 0 Å². The molecule has 0 saturated carbocycles. The highest BCUT2D eigenvalue weighted by atomic mass is 16.4. The molecule has 0 aliphatic rings. The Labute approximate surface area is 73.4 Å². The van der Waals surface area contributed by atoms with Crippen molar-refractivity contribution in [3.63, 3.8) is 0 Å². The second-order valence-electron chi connectivity index (χ2n) is 3.10. The molecule has 0 fully saturated rings. The second kappa shape index (κ2) is 7.10. The van der Waals surface area contributed by atoms with Crippen molar-refractivity contribution in [1.29, 1.82) is 0 Å². The van der Waals surface area contributed by atoms with Gasteiger partial charge in [-0.25, -0.2) is 0 Å². The van der Waals surface area contributed by atoms with Crippen LogP contribution >= 0.6 is 0 Å². The number of carboxylic acids is 1. The van der Waals surface area contributed by atoms with E-state index in [1.54, 1.807) is 0 Å². The smallest absolute Gasteiger partial charge is 0.303 e. The predicted octanol–water partition coefficient (Wildman–Crippen LogP) is 1.65. The van der Waals surface area contributed by atoms with Crippen LogP contribution in [0, 0.1) is 5.92 Å². The van der Waals surface area contributed by atoms with Gasteiger partial charge in [-0.05, 0) is 18.8 Å². The molecule has 0 spiro atoms. The molecule has 3 heteroatoms. The molecule has 0 radical (unpaired) electrons. The van der Waals surface area contributed by atoms with Crippen LogP contribution in [0.15, 0.2) is 0 Å². The van der Waals surface area contributed by atoms with Gasteiger partial charge in [-0.2, -0.15) is 0 Å². The molecule has 0 aromatic heterocycles. The minimum atomic E-state index is -0.730. The fourth-order valence-corrected chi connectivity index (χ4v) is 1.13. The van der Waals surface area contributed by atoms with Crippen molar-refractivity contribution >= 4 is 5.97 Å². The first-order valence-corrected chi connectivity index (χ1v) is 4.53. The van der Waals surface area contributed by atoms with Gasteiger partial charge >= 0.3 is 5.97 Å². The number of rotatable bonds is 7. The average Bonchev–Trinajstić information content (AvgIpc) is 2.04. The van der Waals surface area contributed by atoms with Gasteiger partial charge in [-0.3, -0.25) is 4.79 Å². The lowest BCUT2D eigenvalue weighted by Gasteiger charge is -2.09. The Bertz CT molecular complexity index is 119. The average molecular weight is 174 g/mol. The minimum absolute atomic E-state index is 0.226. The Kier molecular flexibility index (Phi) is 6.76. The molecular weight excluding hydrogens is 156 g/mol. The molecule has 1 unspecified atom stereocenters. The van der Waals surface area contributed by atoms with Crippen LogP contribution in [-0.4, -0.2) is 22.8 Å². The number of unbranched alkanes of at least 4 members (excludes halogenated alkanes) is 1. The van der Waals surface area contributed by atoms with Gasteiger partial charge in [-0.1, -0.05) is 19.8 Å². The molecule has 0 rings (SSSR count). The Morgan fingerprint density at radius 1 is 1.42 bits per heavy atom. The molecule has 0 amide bonds. The first kappa shape index (κ1) is 11.4.